The number of rotatable bonds is 7. The first-order chi connectivity index (χ1) is 9.13. The predicted octanol–water partition coefficient (Wildman–Crippen LogP) is 1.40. The number of carboxylic acids is 1. The second kappa shape index (κ2) is 6.44. The number of hydrogen-bond acceptors (Lipinski definition) is 6. The number of hydrogen-bond donors (Lipinski definition) is 2. The van der Waals surface area contributed by atoms with Crippen molar-refractivity contribution < 1.29 is 14.4 Å². The maximum absolute atomic E-state index is 10.6. The van der Waals surface area contributed by atoms with Gasteiger partial charge in [0.25, 0.3) is 0 Å². The first kappa shape index (κ1) is 13.7. The minimum absolute atomic E-state index is 0.0892. The van der Waals surface area contributed by atoms with Crippen LogP contribution >= 0.6 is 11.3 Å². The Hall–Kier alpha value is -1.73. The van der Waals surface area contributed by atoms with Crippen molar-refractivity contribution in [2.75, 3.05) is 6.54 Å². The molecule has 0 aromatic carbocycles. The summed E-state index contributed by atoms with van der Waals surface area (Å²) in [6.07, 6.45) is 0.778. The predicted molar refractivity (Wildman–Crippen MR) is 70.1 cm³/mol. The molecule has 2 aromatic rings. The third-order valence-corrected chi connectivity index (χ3v) is 3.51. The summed E-state index contributed by atoms with van der Waals surface area (Å²) in [4.78, 5) is 16.7. The van der Waals surface area contributed by atoms with E-state index >= 15 is 0 Å². The molecule has 2 aromatic heterocycles. The quantitative estimate of drug-likeness (QED) is 0.746. The van der Waals surface area contributed by atoms with Crippen LogP contribution < -0.4 is 5.32 Å². The lowest BCUT2D eigenvalue weighted by Gasteiger charge is -1.99. The van der Waals surface area contributed by atoms with Crippen molar-refractivity contribution in [3.05, 3.63) is 33.6 Å². The first-order valence-electron chi connectivity index (χ1n) is 5.93. The van der Waals surface area contributed by atoms with Gasteiger partial charge in [0.1, 0.15) is 0 Å². The van der Waals surface area contributed by atoms with Crippen molar-refractivity contribution in [1.29, 1.82) is 0 Å². The number of aliphatic carboxylic acids is 1. The van der Waals surface area contributed by atoms with E-state index in [2.05, 4.69) is 15.5 Å². The molecular formula is C12H15N3O3S. The van der Waals surface area contributed by atoms with Gasteiger partial charge >= 0.3 is 5.97 Å². The molecule has 0 aliphatic heterocycles. The van der Waals surface area contributed by atoms with Crippen molar-refractivity contribution in [1.82, 2.24) is 15.5 Å². The minimum atomic E-state index is -0.798. The van der Waals surface area contributed by atoms with Crippen molar-refractivity contribution in [2.24, 2.45) is 0 Å². The molecule has 7 heteroatoms. The summed E-state index contributed by atoms with van der Waals surface area (Å²) < 4.78 is 5.00. The highest BCUT2D eigenvalue weighted by Crippen LogP contribution is 2.16. The maximum atomic E-state index is 10.6. The van der Waals surface area contributed by atoms with E-state index < -0.39 is 5.97 Å². The lowest BCUT2D eigenvalue weighted by molar-refractivity contribution is -0.136. The highest BCUT2D eigenvalue weighted by atomic mass is 32.1. The number of thiophene rings is 1. The van der Waals surface area contributed by atoms with Gasteiger partial charge in [0.2, 0.25) is 5.89 Å². The number of carbonyl (C=O) groups is 1. The monoisotopic (exact) mass is 281 g/mol. The van der Waals surface area contributed by atoms with Crippen LogP contribution in [0.3, 0.4) is 0 Å². The average Bonchev–Trinajstić information content (AvgIpc) is 2.94. The third-order valence-electron chi connectivity index (χ3n) is 2.43. The van der Waals surface area contributed by atoms with Gasteiger partial charge in [-0.1, -0.05) is 5.16 Å². The highest BCUT2D eigenvalue weighted by molar-refractivity contribution is 7.12. The number of aryl methyl sites for hydroxylation is 1. The molecule has 0 saturated heterocycles. The fourth-order valence-corrected chi connectivity index (χ4v) is 2.59. The van der Waals surface area contributed by atoms with Crippen LogP contribution in [0.5, 0.6) is 0 Å². The van der Waals surface area contributed by atoms with Gasteiger partial charge in [0, 0.05) is 29.3 Å². The van der Waals surface area contributed by atoms with E-state index in [1.807, 2.05) is 12.1 Å². The summed E-state index contributed by atoms with van der Waals surface area (Å²) in [5.41, 5.74) is 0. The zero-order valence-electron chi connectivity index (χ0n) is 10.5. The van der Waals surface area contributed by atoms with E-state index in [-0.39, 0.29) is 6.42 Å². The van der Waals surface area contributed by atoms with Gasteiger partial charge in [-0.15, -0.1) is 11.3 Å². The molecule has 0 aliphatic carbocycles. The molecule has 2 rings (SSSR count). The lowest BCUT2D eigenvalue weighted by atomic mass is 10.3. The Kier molecular flexibility index (Phi) is 4.64. The van der Waals surface area contributed by atoms with Crippen LogP contribution in [0.15, 0.2) is 16.7 Å². The Morgan fingerprint density at radius 1 is 1.47 bits per heavy atom. The molecule has 0 spiro atoms. The summed E-state index contributed by atoms with van der Waals surface area (Å²) in [6, 6.07) is 3.81. The van der Waals surface area contributed by atoms with Gasteiger partial charge in [-0.05, 0) is 19.1 Å². The molecule has 0 bridgehead atoms. The summed E-state index contributed by atoms with van der Waals surface area (Å²) >= 11 is 1.52. The van der Waals surface area contributed by atoms with E-state index in [0.29, 0.717) is 18.1 Å². The van der Waals surface area contributed by atoms with Gasteiger partial charge < -0.3 is 14.9 Å². The summed E-state index contributed by atoms with van der Waals surface area (Å²) in [5.74, 6) is 0.474. The molecule has 2 N–H and O–H groups in total. The summed E-state index contributed by atoms with van der Waals surface area (Å²) in [6.45, 7) is 3.25. The molecule has 19 heavy (non-hydrogen) atoms. The van der Waals surface area contributed by atoms with Crippen LogP contribution in [0.4, 0.5) is 0 Å². The fourth-order valence-electron chi connectivity index (χ4n) is 1.61. The largest absolute Gasteiger partial charge is 0.481 e. The molecule has 102 valence electrons. The molecular weight excluding hydrogens is 266 g/mol. The van der Waals surface area contributed by atoms with Crippen molar-refractivity contribution in [2.45, 2.75) is 26.3 Å². The zero-order chi connectivity index (χ0) is 13.7. The highest BCUT2D eigenvalue weighted by Gasteiger charge is 2.05. The van der Waals surface area contributed by atoms with Gasteiger partial charge in [-0.3, -0.25) is 4.79 Å². The van der Waals surface area contributed by atoms with E-state index in [1.165, 1.54) is 11.3 Å². The van der Waals surface area contributed by atoms with Crippen LogP contribution in [0.1, 0.15) is 21.5 Å². The van der Waals surface area contributed by atoms with Crippen LogP contribution in [0.25, 0.3) is 0 Å². The topological polar surface area (TPSA) is 88.2 Å². The van der Waals surface area contributed by atoms with E-state index in [0.717, 1.165) is 22.8 Å². The SMILES string of the molecule is Cc1noc(CCNCc2ccc(CC(=O)O)s2)n1. The summed E-state index contributed by atoms with van der Waals surface area (Å²) in [5, 5.41) is 15.7. The molecule has 6 nitrogen and oxygen atoms in total. The molecule has 0 unspecified atom stereocenters. The van der Waals surface area contributed by atoms with Gasteiger partial charge in [0.15, 0.2) is 5.82 Å². The molecule has 0 atom stereocenters. The molecule has 0 radical (unpaired) electrons. The van der Waals surface area contributed by atoms with Crippen LogP contribution in [0, 0.1) is 6.92 Å². The average molecular weight is 281 g/mol. The van der Waals surface area contributed by atoms with Crippen molar-refractivity contribution in [3.8, 4) is 0 Å². The van der Waals surface area contributed by atoms with Crippen molar-refractivity contribution in [3.63, 3.8) is 0 Å². The maximum Gasteiger partial charge on any atom is 0.308 e. The second-order valence-corrected chi connectivity index (χ2v) is 5.35. The normalized spacial score (nSPS) is 10.8. The third kappa shape index (κ3) is 4.46. The molecule has 0 fully saturated rings. The minimum Gasteiger partial charge on any atom is -0.481 e. The summed E-state index contributed by atoms with van der Waals surface area (Å²) in [7, 11) is 0. The Labute approximate surface area is 114 Å². The molecule has 0 saturated carbocycles. The fraction of sp³-hybridized carbons (Fsp3) is 0.417. The van der Waals surface area contributed by atoms with Crippen molar-refractivity contribution >= 4 is 17.3 Å². The van der Waals surface area contributed by atoms with Crippen LogP contribution in [-0.2, 0) is 24.2 Å². The Bertz CT molecular complexity index is 550. The standard InChI is InChI=1S/C12H15N3O3S/c1-8-14-11(18-15-8)4-5-13-7-10-3-2-9(19-10)6-12(16)17/h2-3,13H,4-7H2,1H3,(H,16,17). The lowest BCUT2D eigenvalue weighted by Crippen LogP contribution is -2.16. The Morgan fingerprint density at radius 2 is 2.26 bits per heavy atom. The number of nitrogens with zero attached hydrogens (tertiary/aromatic N) is 2. The Morgan fingerprint density at radius 3 is 2.95 bits per heavy atom. The number of nitrogens with one attached hydrogen (secondary N) is 1. The van der Waals surface area contributed by atoms with E-state index in [1.54, 1.807) is 6.92 Å². The molecule has 0 aliphatic rings. The smallest absolute Gasteiger partial charge is 0.308 e. The first-order valence-corrected chi connectivity index (χ1v) is 6.74. The number of aromatic nitrogens is 2. The van der Waals surface area contributed by atoms with Crippen LogP contribution in [-0.4, -0.2) is 27.8 Å². The zero-order valence-corrected chi connectivity index (χ0v) is 11.4. The molecule has 2 heterocycles. The van der Waals surface area contributed by atoms with Gasteiger partial charge in [0.05, 0.1) is 6.42 Å². The molecule has 0 amide bonds. The Balaban J connectivity index is 1.70. The van der Waals surface area contributed by atoms with E-state index in [4.69, 9.17) is 9.63 Å². The van der Waals surface area contributed by atoms with Crippen LogP contribution in [0.2, 0.25) is 0 Å². The second-order valence-electron chi connectivity index (χ2n) is 4.10. The van der Waals surface area contributed by atoms with Gasteiger partial charge in [-0.2, -0.15) is 4.98 Å². The van der Waals surface area contributed by atoms with E-state index in [9.17, 15) is 4.79 Å². The van der Waals surface area contributed by atoms with Gasteiger partial charge in [-0.25, -0.2) is 0 Å². The number of carboxylic acid groups (broad SMARTS) is 1.